The predicted octanol–water partition coefficient (Wildman–Crippen LogP) is 0.643. The minimum absolute atomic E-state index is 0.108. The van der Waals surface area contributed by atoms with Gasteiger partial charge in [0.15, 0.2) is 0 Å². The van der Waals surface area contributed by atoms with Gasteiger partial charge in [0.2, 0.25) is 10.0 Å². The fourth-order valence-electron chi connectivity index (χ4n) is 2.77. The highest BCUT2D eigenvalue weighted by molar-refractivity contribution is 7.89. The Labute approximate surface area is 135 Å². The Kier molecular flexibility index (Phi) is 4.49. The zero-order valence-electron chi connectivity index (χ0n) is 12.7. The molecule has 1 aromatic carbocycles. The van der Waals surface area contributed by atoms with E-state index in [-0.39, 0.29) is 24.2 Å². The molecule has 0 unspecified atom stereocenters. The summed E-state index contributed by atoms with van der Waals surface area (Å²) in [6.07, 6.45) is 3.10. The van der Waals surface area contributed by atoms with Gasteiger partial charge in [0, 0.05) is 13.7 Å². The highest BCUT2D eigenvalue weighted by Gasteiger charge is 2.40. The van der Waals surface area contributed by atoms with Crippen LogP contribution in [0.25, 0.3) is 5.69 Å². The molecule has 0 saturated carbocycles. The number of benzene rings is 1. The van der Waals surface area contributed by atoms with Crippen LogP contribution in [-0.2, 0) is 14.8 Å². The minimum atomic E-state index is -3.72. The lowest BCUT2D eigenvalue weighted by atomic mass is 10.2. The van der Waals surface area contributed by atoms with E-state index in [1.54, 1.807) is 7.11 Å². The third kappa shape index (κ3) is 3.02. The first kappa shape index (κ1) is 16.1. The van der Waals surface area contributed by atoms with Crippen molar-refractivity contribution in [1.29, 1.82) is 0 Å². The quantitative estimate of drug-likeness (QED) is 0.866. The van der Waals surface area contributed by atoms with Crippen LogP contribution in [0.2, 0.25) is 0 Å². The molecular weight excluding hydrogens is 318 g/mol. The zero-order chi connectivity index (χ0) is 16.4. The summed E-state index contributed by atoms with van der Waals surface area (Å²) in [5.74, 6) is 0. The van der Waals surface area contributed by atoms with Gasteiger partial charge >= 0.3 is 0 Å². The summed E-state index contributed by atoms with van der Waals surface area (Å²) in [5.41, 5.74) is 0.781. The van der Waals surface area contributed by atoms with E-state index in [2.05, 4.69) is 5.10 Å². The van der Waals surface area contributed by atoms with E-state index in [0.717, 1.165) is 5.69 Å². The van der Waals surface area contributed by atoms with E-state index in [9.17, 15) is 13.5 Å². The van der Waals surface area contributed by atoms with Crippen molar-refractivity contribution in [3.05, 3.63) is 42.7 Å². The molecule has 0 spiro atoms. The van der Waals surface area contributed by atoms with Gasteiger partial charge in [0.05, 0.1) is 36.8 Å². The predicted molar refractivity (Wildman–Crippen MR) is 83.7 cm³/mol. The largest absolute Gasteiger partial charge is 0.395 e. The minimum Gasteiger partial charge on any atom is -0.395 e. The molecule has 1 aromatic heterocycles. The number of rotatable bonds is 5. The Morgan fingerprint density at radius 1 is 1.35 bits per heavy atom. The summed E-state index contributed by atoms with van der Waals surface area (Å²) < 4.78 is 33.7. The number of aromatic nitrogens is 2. The van der Waals surface area contributed by atoms with Gasteiger partial charge in [-0.15, -0.1) is 0 Å². The summed E-state index contributed by atoms with van der Waals surface area (Å²) in [7, 11) is -2.18. The van der Waals surface area contributed by atoms with E-state index in [1.807, 2.05) is 30.3 Å². The first-order valence-electron chi connectivity index (χ1n) is 7.32. The van der Waals surface area contributed by atoms with Gasteiger partial charge in [-0.25, -0.2) is 13.1 Å². The number of hydrogen-bond donors (Lipinski definition) is 1. The topological polar surface area (TPSA) is 84.7 Å². The Balaban J connectivity index is 1.90. The molecule has 2 aromatic rings. The van der Waals surface area contributed by atoms with E-state index in [4.69, 9.17) is 4.74 Å². The Bertz CT molecular complexity index is 760. The molecule has 0 amide bonds. The summed E-state index contributed by atoms with van der Waals surface area (Å²) in [6, 6.07) is 8.82. The van der Waals surface area contributed by atoms with Gasteiger partial charge in [-0.1, -0.05) is 18.2 Å². The molecule has 1 aliphatic rings. The van der Waals surface area contributed by atoms with E-state index in [0.29, 0.717) is 6.42 Å². The van der Waals surface area contributed by atoms with Crippen LogP contribution in [0.15, 0.2) is 47.6 Å². The number of aliphatic hydroxyl groups is 1. The number of nitrogens with zero attached hydrogens (tertiary/aromatic N) is 3. The highest BCUT2D eigenvalue weighted by Crippen LogP contribution is 2.27. The average Bonchev–Trinajstić information content (AvgIpc) is 3.23. The van der Waals surface area contributed by atoms with Crippen molar-refractivity contribution >= 4 is 10.0 Å². The summed E-state index contributed by atoms with van der Waals surface area (Å²) in [5, 5.41) is 13.6. The van der Waals surface area contributed by atoms with E-state index >= 15 is 0 Å². The molecule has 8 heteroatoms. The van der Waals surface area contributed by atoms with Crippen LogP contribution >= 0.6 is 0 Å². The number of para-hydroxylation sites is 1. The van der Waals surface area contributed by atoms with Gasteiger partial charge in [0.1, 0.15) is 4.90 Å². The zero-order valence-corrected chi connectivity index (χ0v) is 13.6. The lowest BCUT2D eigenvalue weighted by Gasteiger charge is -2.21. The Morgan fingerprint density at radius 2 is 2.09 bits per heavy atom. The maximum atomic E-state index is 12.8. The van der Waals surface area contributed by atoms with Crippen molar-refractivity contribution in [2.24, 2.45) is 0 Å². The van der Waals surface area contributed by atoms with E-state index in [1.165, 1.54) is 21.4 Å². The lowest BCUT2D eigenvalue weighted by molar-refractivity contribution is 0.113. The molecule has 7 nitrogen and oxygen atoms in total. The molecule has 2 heterocycles. The molecule has 1 aliphatic heterocycles. The molecule has 124 valence electrons. The van der Waals surface area contributed by atoms with Crippen molar-refractivity contribution in [3.63, 3.8) is 0 Å². The van der Waals surface area contributed by atoms with Crippen LogP contribution in [0.3, 0.4) is 0 Å². The van der Waals surface area contributed by atoms with E-state index < -0.39 is 16.1 Å². The summed E-state index contributed by atoms with van der Waals surface area (Å²) >= 11 is 0. The molecule has 23 heavy (non-hydrogen) atoms. The molecule has 1 fully saturated rings. The molecule has 1 saturated heterocycles. The van der Waals surface area contributed by atoms with Crippen LogP contribution in [0.5, 0.6) is 0 Å². The molecular formula is C15H19N3O4S. The number of hydrogen-bond acceptors (Lipinski definition) is 5. The Morgan fingerprint density at radius 3 is 2.74 bits per heavy atom. The second kappa shape index (κ2) is 6.40. The average molecular weight is 337 g/mol. The number of sulfonamides is 1. The van der Waals surface area contributed by atoms with Crippen molar-refractivity contribution in [1.82, 2.24) is 14.1 Å². The maximum Gasteiger partial charge on any atom is 0.246 e. The van der Waals surface area contributed by atoms with Gasteiger partial charge in [-0.3, -0.25) is 0 Å². The number of aliphatic hydroxyl groups excluding tert-OH is 1. The standard InChI is InChI=1S/C15H19N3O4S/c1-22-14-7-13(11-19)18(9-14)23(20,21)15-8-16-17(10-15)12-5-3-2-4-6-12/h2-6,8,10,13-14,19H,7,9,11H2,1H3/t13-,14+/m0/s1. The fourth-order valence-corrected chi connectivity index (χ4v) is 4.36. The summed E-state index contributed by atoms with van der Waals surface area (Å²) in [4.78, 5) is 0.108. The van der Waals surface area contributed by atoms with Gasteiger partial charge < -0.3 is 9.84 Å². The van der Waals surface area contributed by atoms with Crippen LogP contribution in [0, 0.1) is 0 Å². The lowest BCUT2D eigenvalue weighted by Crippen LogP contribution is -2.37. The second-order valence-electron chi connectivity index (χ2n) is 5.46. The smallest absolute Gasteiger partial charge is 0.246 e. The van der Waals surface area contributed by atoms with Crippen LogP contribution in [-0.4, -0.2) is 60.0 Å². The molecule has 2 atom stereocenters. The second-order valence-corrected chi connectivity index (χ2v) is 7.35. The normalized spacial score (nSPS) is 22.5. The summed E-state index contributed by atoms with van der Waals surface area (Å²) in [6.45, 7) is 0.00644. The Hall–Kier alpha value is -1.74. The highest BCUT2D eigenvalue weighted by atomic mass is 32.2. The molecule has 1 N–H and O–H groups in total. The van der Waals surface area contributed by atoms with Crippen molar-refractivity contribution in [2.75, 3.05) is 20.3 Å². The first-order chi connectivity index (χ1) is 11.1. The van der Waals surface area contributed by atoms with Gasteiger partial charge in [-0.05, 0) is 18.6 Å². The molecule has 0 bridgehead atoms. The molecule has 0 aliphatic carbocycles. The third-order valence-electron chi connectivity index (χ3n) is 4.06. The van der Waals surface area contributed by atoms with Gasteiger partial charge in [0.25, 0.3) is 0 Å². The number of methoxy groups -OCH3 is 1. The third-order valence-corrected chi connectivity index (χ3v) is 5.93. The number of ether oxygens (including phenoxy) is 1. The van der Waals surface area contributed by atoms with Crippen LogP contribution < -0.4 is 0 Å². The van der Waals surface area contributed by atoms with Crippen molar-refractivity contribution in [2.45, 2.75) is 23.5 Å². The maximum absolute atomic E-state index is 12.8. The fraction of sp³-hybridized carbons (Fsp3) is 0.400. The first-order valence-corrected chi connectivity index (χ1v) is 8.76. The van der Waals surface area contributed by atoms with Crippen LogP contribution in [0.1, 0.15) is 6.42 Å². The molecule has 0 radical (unpaired) electrons. The SMILES string of the molecule is CO[C@@H]1C[C@@H](CO)N(S(=O)(=O)c2cnn(-c3ccccc3)c2)C1. The molecule has 3 rings (SSSR count). The monoisotopic (exact) mass is 337 g/mol. The van der Waals surface area contributed by atoms with Gasteiger partial charge in [-0.2, -0.15) is 9.40 Å². The van der Waals surface area contributed by atoms with Crippen molar-refractivity contribution < 1.29 is 18.3 Å². The van der Waals surface area contributed by atoms with Crippen molar-refractivity contribution in [3.8, 4) is 5.69 Å². The van der Waals surface area contributed by atoms with Crippen LogP contribution in [0.4, 0.5) is 0 Å².